The first kappa shape index (κ1) is 13.4. The van der Waals surface area contributed by atoms with Gasteiger partial charge in [0.05, 0.1) is 0 Å². The van der Waals surface area contributed by atoms with E-state index in [4.69, 9.17) is 5.73 Å². The summed E-state index contributed by atoms with van der Waals surface area (Å²) in [6.45, 7) is 1.62. The number of carbonyl (C=O) groups is 2. The van der Waals surface area contributed by atoms with Gasteiger partial charge in [-0.05, 0) is 31.0 Å². The third-order valence-electron chi connectivity index (χ3n) is 3.27. The minimum Gasteiger partial charge on any atom is -0.351 e. The van der Waals surface area contributed by atoms with Crippen LogP contribution < -0.4 is 11.1 Å². The highest BCUT2D eigenvalue weighted by atomic mass is 16.2. The Morgan fingerprint density at radius 1 is 1.11 bits per heavy atom. The summed E-state index contributed by atoms with van der Waals surface area (Å²) in [5.41, 5.74) is 6.21. The maximum atomic E-state index is 12.4. The van der Waals surface area contributed by atoms with E-state index < -0.39 is 6.03 Å². The number of rotatable bonds is 2. The molecule has 0 saturated carbocycles. The summed E-state index contributed by atoms with van der Waals surface area (Å²) >= 11 is 0. The molecule has 0 aliphatic carbocycles. The van der Waals surface area contributed by atoms with Crippen LogP contribution in [0.25, 0.3) is 0 Å². The van der Waals surface area contributed by atoms with Crippen LogP contribution in [-0.2, 0) is 0 Å². The number of hydrogen-bond acceptors (Lipinski definition) is 2. The summed E-state index contributed by atoms with van der Waals surface area (Å²) < 4.78 is 0. The molecule has 0 radical (unpaired) electrons. The Morgan fingerprint density at radius 2 is 1.79 bits per heavy atom. The second kappa shape index (κ2) is 6.22. The van der Waals surface area contributed by atoms with Gasteiger partial charge in [0.25, 0.3) is 5.91 Å². The molecule has 0 bridgehead atoms. The number of urea groups is 1. The van der Waals surface area contributed by atoms with Crippen molar-refractivity contribution in [2.24, 2.45) is 5.73 Å². The fourth-order valence-corrected chi connectivity index (χ4v) is 2.33. The van der Waals surface area contributed by atoms with Crippen LogP contribution in [0.3, 0.4) is 0 Å². The number of nitrogens with zero attached hydrogens (tertiary/aromatic N) is 1. The number of primary amides is 1. The van der Waals surface area contributed by atoms with Crippen LogP contribution in [-0.4, -0.2) is 29.9 Å². The first-order valence-electron chi connectivity index (χ1n) is 6.62. The SMILES string of the molecule is NC(=O)Nc1cccc(C(=O)N2CCCCCC2)c1. The van der Waals surface area contributed by atoms with E-state index in [0.717, 1.165) is 25.9 Å². The van der Waals surface area contributed by atoms with E-state index in [2.05, 4.69) is 5.32 Å². The summed E-state index contributed by atoms with van der Waals surface area (Å²) in [7, 11) is 0. The molecule has 1 saturated heterocycles. The monoisotopic (exact) mass is 261 g/mol. The maximum Gasteiger partial charge on any atom is 0.316 e. The van der Waals surface area contributed by atoms with Crippen molar-refractivity contribution in [2.45, 2.75) is 25.7 Å². The van der Waals surface area contributed by atoms with Crippen LogP contribution in [0.5, 0.6) is 0 Å². The average Bonchev–Trinajstić information content (AvgIpc) is 2.66. The number of amides is 3. The smallest absolute Gasteiger partial charge is 0.316 e. The van der Waals surface area contributed by atoms with Gasteiger partial charge in [-0.3, -0.25) is 4.79 Å². The second-order valence-electron chi connectivity index (χ2n) is 4.78. The molecule has 2 rings (SSSR count). The largest absolute Gasteiger partial charge is 0.351 e. The van der Waals surface area contributed by atoms with Crippen LogP contribution in [0.4, 0.5) is 10.5 Å². The zero-order valence-corrected chi connectivity index (χ0v) is 10.9. The minimum atomic E-state index is -0.626. The highest BCUT2D eigenvalue weighted by molar-refractivity contribution is 5.96. The van der Waals surface area contributed by atoms with Crippen LogP contribution in [0, 0.1) is 0 Å². The quantitative estimate of drug-likeness (QED) is 0.856. The highest BCUT2D eigenvalue weighted by Crippen LogP contribution is 2.16. The van der Waals surface area contributed by atoms with E-state index in [1.165, 1.54) is 12.8 Å². The summed E-state index contributed by atoms with van der Waals surface area (Å²) in [6, 6.07) is 6.26. The Morgan fingerprint density at radius 3 is 2.42 bits per heavy atom. The average molecular weight is 261 g/mol. The van der Waals surface area contributed by atoms with Crippen molar-refractivity contribution in [1.82, 2.24) is 4.90 Å². The third-order valence-corrected chi connectivity index (χ3v) is 3.27. The molecule has 0 atom stereocenters. The van der Waals surface area contributed by atoms with Gasteiger partial charge in [-0.15, -0.1) is 0 Å². The number of hydrogen-bond donors (Lipinski definition) is 2. The lowest BCUT2D eigenvalue weighted by Gasteiger charge is -2.20. The third kappa shape index (κ3) is 3.71. The molecule has 1 aromatic rings. The van der Waals surface area contributed by atoms with Crippen molar-refractivity contribution in [3.63, 3.8) is 0 Å². The van der Waals surface area contributed by atoms with Gasteiger partial charge < -0.3 is 16.0 Å². The molecule has 5 heteroatoms. The summed E-state index contributed by atoms with van der Waals surface area (Å²) in [6.07, 6.45) is 4.50. The van der Waals surface area contributed by atoms with Gasteiger partial charge in [0.1, 0.15) is 0 Å². The predicted molar refractivity (Wildman–Crippen MR) is 74.0 cm³/mol. The zero-order valence-electron chi connectivity index (χ0n) is 10.9. The van der Waals surface area contributed by atoms with Gasteiger partial charge in [0.2, 0.25) is 0 Å². The fourth-order valence-electron chi connectivity index (χ4n) is 2.33. The van der Waals surface area contributed by atoms with Crippen LogP contribution in [0.15, 0.2) is 24.3 Å². The van der Waals surface area contributed by atoms with Gasteiger partial charge >= 0.3 is 6.03 Å². The highest BCUT2D eigenvalue weighted by Gasteiger charge is 2.17. The Balaban J connectivity index is 2.11. The maximum absolute atomic E-state index is 12.4. The number of likely N-dealkylation sites (tertiary alicyclic amines) is 1. The summed E-state index contributed by atoms with van der Waals surface area (Å²) in [4.78, 5) is 25.1. The Bertz CT molecular complexity index is 466. The molecule has 1 heterocycles. The van der Waals surface area contributed by atoms with E-state index in [1.54, 1.807) is 24.3 Å². The van der Waals surface area contributed by atoms with Gasteiger partial charge in [0.15, 0.2) is 0 Å². The van der Waals surface area contributed by atoms with Gasteiger partial charge in [-0.1, -0.05) is 18.9 Å². The topological polar surface area (TPSA) is 75.4 Å². The van der Waals surface area contributed by atoms with Crippen molar-refractivity contribution in [2.75, 3.05) is 18.4 Å². The molecule has 3 amide bonds. The number of benzene rings is 1. The number of anilines is 1. The standard InChI is InChI=1S/C14H19N3O2/c15-14(19)16-12-7-5-6-11(10-12)13(18)17-8-3-1-2-4-9-17/h5-7,10H,1-4,8-9H2,(H3,15,16,19). The zero-order chi connectivity index (χ0) is 13.7. The van der Waals surface area contributed by atoms with E-state index in [1.807, 2.05) is 4.90 Å². The molecule has 102 valence electrons. The van der Waals surface area contributed by atoms with E-state index in [0.29, 0.717) is 11.3 Å². The normalized spacial score (nSPS) is 15.7. The van der Waals surface area contributed by atoms with Crippen LogP contribution >= 0.6 is 0 Å². The molecule has 1 aliphatic heterocycles. The van der Waals surface area contributed by atoms with E-state index in [9.17, 15) is 9.59 Å². The molecular weight excluding hydrogens is 242 g/mol. The van der Waals surface area contributed by atoms with Crippen LogP contribution in [0.2, 0.25) is 0 Å². The Hall–Kier alpha value is -2.04. The molecular formula is C14H19N3O2. The first-order valence-corrected chi connectivity index (χ1v) is 6.62. The summed E-state index contributed by atoms with van der Waals surface area (Å²) in [5.74, 6) is 0.0232. The second-order valence-corrected chi connectivity index (χ2v) is 4.78. The van der Waals surface area contributed by atoms with Gasteiger partial charge in [-0.25, -0.2) is 4.79 Å². The summed E-state index contributed by atoms with van der Waals surface area (Å²) in [5, 5.41) is 2.48. The molecule has 19 heavy (non-hydrogen) atoms. The van der Waals surface area contributed by atoms with E-state index >= 15 is 0 Å². The Labute approximate surface area is 112 Å². The molecule has 1 aromatic carbocycles. The predicted octanol–water partition coefficient (Wildman–Crippen LogP) is 2.19. The molecule has 3 N–H and O–H groups in total. The molecule has 5 nitrogen and oxygen atoms in total. The Kier molecular flexibility index (Phi) is 4.39. The fraction of sp³-hybridized carbons (Fsp3) is 0.429. The molecule has 0 unspecified atom stereocenters. The molecule has 1 aliphatic rings. The lowest BCUT2D eigenvalue weighted by Crippen LogP contribution is -2.31. The van der Waals surface area contributed by atoms with Crippen LogP contribution in [0.1, 0.15) is 36.0 Å². The van der Waals surface area contributed by atoms with Gasteiger partial charge in [-0.2, -0.15) is 0 Å². The lowest BCUT2D eigenvalue weighted by molar-refractivity contribution is 0.0761. The first-order chi connectivity index (χ1) is 9.16. The van der Waals surface area contributed by atoms with Crippen molar-refractivity contribution >= 4 is 17.6 Å². The minimum absolute atomic E-state index is 0.0232. The van der Waals surface area contributed by atoms with E-state index in [-0.39, 0.29) is 5.91 Å². The van der Waals surface area contributed by atoms with Crippen molar-refractivity contribution < 1.29 is 9.59 Å². The number of carbonyl (C=O) groups excluding carboxylic acids is 2. The number of nitrogens with two attached hydrogens (primary N) is 1. The molecule has 1 fully saturated rings. The molecule has 0 spiro atoms. The van der Waals surface area contributed by atoms with Crippen molar-refractivity contribution in [3.8, 4) is 0 Å². The lowest BCUT2D eigenvalue weighted by atomic mass is 10.1. The molecule has 0 aromatic heterocycles. The van der Waals surface area contributed by atoms with Crippen molar-refractivity contribution in [3.05, 3.63) is 29.8 Å². The number of nitrogens with one attached hydrogen (secondary N) is 1. The van der Waals surface area contributed by atoms with Crippen molar-refractivity contribution in [1.29, 1.82) is 0 Å². The van der Waals surface area contributed by atoms with Gasteiger partial charge in [0, 0.05) is 24.3 Å².